The highest BCUT2D eigenvalue weighted by molar-refractivity contribution is 5.75. The van der Waals surface area contributed by atoms with E-state index in [2.05, 4.69) is 13.8 Å². The van der Waals surface area contributed by atoms with Crippen LogP contribution in [0.1, 0.15) is 25.0 Å². The van der Waals surface area contributed by atoms with Crippen molar-refractivity contribution in [3.8, 4) is 0 Å². The van der Waals surface area contributed by atoms with Crippen molar-refractivity contribution in [2.24, 2.45) is 11.5 Å². The molecule has 1 aromatic carbocycles. The Kier molecular flexibility index (Phi) is 5.12. The van der Waals surface area contributed by atoms with Gasteiger partial charge in [-0.05, 0) is 25.0 Å². The maximum Gasteiger partial charge on any atom is 0.231 e. The van der Waals surface area contributed by atoms with E-state index in [1.165, 1.54) is 0 Å². The molecule has 0 aliphatic rings. The molecule has 94 valence electrons. The zero-order chi connectivity index (χ0) is 12.8. The topological polar surface area (TPSA) is 72.3 Å². The molecule has 0 unspecified atom stereocenters. The van der Waals surface area contributed by atoms with Crippen LogP contribution in [0.25, 0.3) is 0 Å². The normalized spacial score (nSPS) is 11.1. The Balaban J connectivity index is 2.68. The molecule has 0 saturated carbocycles. The van der Waals surface area contributed by atoms with E-state index in [0.29, 0.717) is 6.54 Å². The molecule has 0 atom stereocenters. The molecule has 1 rings (SSSR count). The maximum atomic E-state index is 11.0. The van der Waals surface area contributed by atoms with Crippen LogP contribution in [0.5, 0.6) is 0 Å². The predicted octanol–water partition coefficient (Wildman–Crippen LogP) is 0.841. The van der Waals surface area contributed by atoms with Crippen LogP contribution in [-0.4, -0.2) is 23.4 Å². The number of hydrogen-bond acceptors (Lipinski definition) is 3. The summed E-state index contributed by atoms with van der Waals surface area (Å²) in [5.74, 6) is -0.294. The molecule has 0 spiro atoms. The maximum absolute atomic E-state index is 11.0. The molecular weight excluding hydrogens is 214 g/mol. The van der Waals surface area contributed by atoms with Crippen molar-refractivity contribution >= 4 is 5.91 Å². The highest BCUT2D eigenvalue weighted by Gasteiger charge is 2.12. The number of benzene rings is 1. The monoisotopic (exact) mass is 235 g/mol. The van der Waals surface area contributed by atoms with Crippen molar-refractivity contribution in [2.45, 2.75) is 33.0 Å². The minimum atomic E-state index is -0.294. The number of hydrogen-bond donors (Lipinski definition) is 2. The number of amides is 1. The third-order valence-electron chi connectivity index (χ3n) is 2.73. The molecule has 0 aliphatic carbocycles. The molecular formula is C13H21N3O. The van der Waals surface area contributed by atoms with Gasteiger partial charge in [0, 0.05) is 19.1 Å². The first-order valence-electron chi connectivity index (χ1n) is 5.83. The zero-order valence-corrected chi connectivity index (χ0v) is 10.5. The van der Waals surface area contributed by atoms with Gasteiger partial charge in [0.2, 0.25) is 5.91 Å². The van der Waals surface area contributed by atoms with Crippen LogP contribution < -0.4 is 11.5 Å². The fraction of sp³-hybridized carbons (Fsp3) is 0.462. The third-order valence-corrected chi connectivity index (χ3v) is 2.73. The van der Waals surface area contributed by atoms with E-state index < -0.39 is 0 Å². The SMILES string of the molecule is CC(C)N(CC(N)=O)Cc1ccc(CN)cc1. The molecule has 0 saturated heterocycles. The largest absolute Gasteiger partial charge is 0.369 e. The molecule has 1 aromatic rings. The van der Waals surface area contributed by atoms with E-state index in [4.69, 9.17) is 11.5 Å². The summed E-state index contributed by atoms with van der Waals surface area (Å²) in [6.07, 6.45) is 0. The van der Waals surface area contributed by atoms with Crippen LogP contribution >= 0.6 is 0 Å². The van der Waals surface area contributed by atoms with Gasteiger partial charge in [-0.2, -0.15) is 0 Å². The van der Waals surface area contributed by atoms with Crippen molar-refractivity contribution in [3.05, 3.63) is 35.4 Å². The summed E-state index contributed by atoms with van der Waals surface area (Å²) >= 11 is 0. The van der Waals surface area contributed by atoms with E-state index >= 15 is 0 Å². The van der Waals surface area contributed by atoms with Crippen LogP contribution in [-0.2, 0) is 17.9 Å². The summed E-state index contributed by atoms with van der Waals surface area (Å²) in [6.45, 7) is 5.67. The Morgan fingerprint density at radius 1 is 1.24 bits per heavy atom. The smallest absolute Gasteiger partial charge is 0.231 e. The van der Waals surface area contributed by atoms with E-state index in [1.54, 1.807) is 0 Å². The molecule has 0 radical (unpaired) electrons. The molecule has 4 N–H and O–H groups in total. The van der Waals surface area contributed by atoms with Gasteiger partial charge >= 0.3 is 0 Å². The lowest BCUT2D eigenvalue weighted by Gasteiger charge is -2.25. The summed E-state index contributed by atoms with van der Waals surface area (Å²) < 4.78 is 0. The Hall–Kier alpha value is -1.39. The molecule has 4 nitrogen and oxygen atoms in total. The Bertz CT molecular complexity index is 359. The van der Waals surface area contributed by atoms with E-state index in [0.717, 1.165) is 17.7 Å². The standard InChI is InChI=1S/C13H21N3O/c1-10(2)16(9-13(15)17)8-12-5-3-11(7-14)4-6-12/h3-6,10H,7-9,14H2,1-2H3,(H2,15,17). The average Bonchev–Trinajstić information content (AvgIpc) is 2.28. The summed E-state index contributed by atoms with van der Waals surface area (Å²) in [5, 5.41) is 0. The van der Waals surface area contributed by atoms with Crippen LogP contribution in [0, 0.1) is 0 Å². The lowest BCUT2D eigenvalue weighted by atomic mass is 10.1. The second kappa shape index (κ2) is 6.37. The lowest BCUT2D eigenvalue weighted by Crippen LogP contribution is -2.37. The van der Waals surface area contributed by atoms with Gasteiger partial charge in [0.1, 0.15) is 0 Å². The van der Waals surface area contributed by atoms with Gasteiger partial charge in [-0.15, -0.1) is 0 Å². The first-order chi connectivity index (χ1) is 8.02. The van der Waals surface area contributed by atoms with Crippen molar-refractivity contribution in [1.82, 2.24) is 4.90 Å². The second-order valence-electron chi connectivity index (χ2n) is 4.49. The first kappa shape index (κ1) is 13.7. The lowest BCUT2D eigenvalue weighted by molar-refractivity contribution is -0.119. The molecule has 4 heteroatoms. The fourth-order valence-electron chi connectivity index (χ4n) is 1.64. The Labute approximate surface area is 103 Å². The molecule has 0 fully saturated rings. The van der Waals surface area contributed by atoms with Gasteiger partial charge in [0.15, 0.2) is 0 Å². The van der Waals surface area contributed by atoms with Gasteiger partial charge in [-0.3, -0.25) is 9.69 Å². The highest BCUT2D eigenvalue weighted by Crippen LogP contribution is 2.09. The van der Waals surface area contributed by atoms with E-state index in [-0.39, 0.29) is 18.5 Å². The molecule has 0 aromatic heterocycles. The predicted molar refractivity (Wildman–Crippen MR) is 69.1 cm³/mol. The number of nitrogens with two attached hydrogens (primary N) is 2. The number of rotatable bonds is 6. The van der Waals surface area contributed by atoms with Crippen molar-refractivity contribution in [2.75, 3.05) is 6.54 Å². The van der Waals surface area contributed by atoms with Crippen molar-refractivity contribution in [1.29, 1.82) is 0 Å². The Morgan fingerprint density at radius 2 is 1.76 bits per heavy atom. The molecule has 1 amide bonds. The minimum absolute atomic E-state index is 0.288. The van der Waals surface area contributed by atoms with Crippen LogP contribution in [0.2, 0.25) is 0 Å². The van der Waals surface area contributed by atoms with Crippen molar-refractivity contribution in [3.63, 3.8) is 0 Å². The summed E-state index contributed by atoms with van der Waals surface area (Å²) in [5.41, 5.74) is 13.1. The van der Waals surface area contributed by atoms with Gasteiger partial charge < -0.3 is 11.5 Å². The number of carbonyl (C=O) groups is 1. The summed E-state index contributed by atoms with van der Waals surface area (Å²) in [6, 6.07) is 8.39. The average molecular weight is 235 g/mol. The van der Waals surface area contributed by atoms with Crippen LogP contribution in [0.15, 0.2) is 24.3 Å². The minimum Gasteiger partial charge on any atom is -0.369 e. The number of primary amides is 1. The molecule has 0 bridgehead atoms. The van der Waals surface area contributed by atoms with E-state index in [9.17, 15) is 4.79 Å². The number of nitrogens with zero attached hydrogens (tertiary/aromatic N) is 1. The molecule has 0 heterocycles. The quantitative estimate of drug-likeness (QED) is 0.767. The zero-order valence-electron chi connectivity index (χ0n) is 10.5. The van der Waals surface area contributed by atoms with Gasteiger partial charge in [-0.1, -0.05) is 24.3 Å². The van der Waals surface area contributed by atoms with Crippen molar-refractivity contribution < 1.29 is 4.79 Å². The summed E-state index contributed by atoms with van der Waals surface area (Å²) in [7, 11) is 0. The second-order valence-corrected chi connectivity index (χ2v) is 4.49. The fourth-order valence-corrected chi connectivity index (χ4v) is 1.64. The van der Waals surface area contributed by atoms with Gasteiger partial charge in [0.05, 0.1) is 6.54 Å². The van der Waals surface area contributed by atoms with Gasteiger partial charge in [-0.25, -0.2) is 0 Å². The third kappa shape index (κ3) is 4.54. The molecule has 0 aliphatic heterocycles. The summed E-state index contributed by atoms with van der Waals surface area (Å²) in [4.78, 5) is 13.0. The Morgan fingerprint density at radius 3 is 2.18 bits per heavy atom. The van der Waals surface area contributed by atoms with Crippen LogP contribution in [0.4, 0.5) is 0 Å². The highest BCUT2D eigenvalue weighted by atomic mass is 16.1. The van der Waals surface area contributed by atoms with Crippen LogP contribution in [0.3, 0.4) is 0 Å². The molecule has 17 heavy (non-hydrogen) atoms. The van der Waals surface area contributed by atoms with E-state index in [1.807, 2.05) is 29.2 Å². The van der Waals surface area contributed by atoms with Gasteiger partial charge in [0.25, 0.3) is 0 Å². The number of carbonyl (C=O) groups excluding carboxylic acids is 1. The first-order valence-corrected chi connectivity index (χ1v) is 5.83.